The van der Waals surface area contributed by atoms with Gasteiger partial charge in [0.15, 0.2) is 0 Å². The third-order valence-electron chi connectivity index (χ3n) is 3.42. The molecule has 0 aliphatic carbocycles. The lowest BCUT2D eigenvalue weighted by Gasteiger charge is -2.19. The molecule has 0 aliphatic heterocycles. The first-order chi connectivity index (χ1) is 12.6. The third kappa shape index (κ3) is 5.02. The van der Waals surface area contributed by atoms with Gasteiger partial charge in [0.1, 0.15) is 0 Å². The van der Waals surface area contributed by atoms with E-state index >= 15 is 0 Å². The van der Waals surface area contributed by atoms with E-state index in [4.69, 9.17) is 0 Å². The molecule has 0 fully saturated rings. The number of rotatable bonds is 10. The summed E-state index contributed by atoms with van der Waals surface area (Å²) in [6, 6.07) is 8.72. The first kappa shape index (κ1) is 21.1. The van der Waals surface area contributed by atoms with Crippen molar-refractivity contribution in [2.75, 3.05) is 0 Å². The van der Waals surface area contributed by atoms with Gasteiger partial charge in [-0.3, -0.25) is 4.79 Å². The Morgan fingerprint density at radius 3 is 1.92 bits per heavy atom. The molecule has 0 spiro atoms. The van der Waals surface area contributed by atoms with Crippen LogP contribution < -0.4 is 5.30 Å². The van der Waals surface area contributed by atoms with Crippen molar-refractivity contribution >= 4 is 18.0 Å². The molecule has 0 saturated heterocycles. The molecule has 1 rings (SSSR count). The predicted molar refractivity (Wildman–Crippen MR) is 114 cm³/mol. The summed E-state index contributed by atoms with van der Waals surface area (Å²) in [5.41, 5.74) is -0.197. The van der Waals surface area contributed by atoms with Gasteiger partial charge in [-0.05, 0) is 0 Å². The summed E-state index contributed by atoms with van der Waals surface area (Å²) in [6.07, 6.45) is 15.7. The number of hydrogen-bond acceptors (Lipinski definition) is 2. The minimum absolute atomic E-state index is 0.286. The Morgan fingerprint density at radius 2 is 1.38 bits per heavy atom. The summed E-state index contributed by atoms with van der Waals surface area (Å²) in [7, 11) is -3.63. The zero-order chi connectivity index (χ0) is 19.4. The maximum Gasteiger partial charge on any atom is 0.230 e. The van der Waals surface area contributed by atoms with Crippen LogP contribution in [0.15, 0.2) is 128 Å². The van der Waals surface area contributed by atoms with E-state index in [-0.39, 0.29) is 5.57 Å². The molecule has 0 aliphatic rings. The average molecular weight is 362 g/mol. The topological polar surface area (TPSA) is 34.1 Å². The van der Waals surface area contributed by atoms with Gasteiger partial charge in [-0.1, -0.05) is 117 Å². The normalized spacial score (nSPS) is 14.8. The molecule has 0 amide bonds. The molecule has 0 N–H and O–H groups in total. The first-order valence-corrected chi connectivity index (χ1v) is 9.71. The predicted octanol–water partition coefficient (Wildman–Crippen LogP) is 5.87. The average Bonchev–Trinajstić information content (AvgIpc) is 2.67. The Bertz CT molecular complexity index is 849. The van der Waals surface area contributed by atoms with Gasteiger partial charge in [-0.25, -0.2) is 0 Å². The smallest absolute Gasteiger partial charge is 0.230 e. The van der Waals surface area contributed by atoms with Crippen LogP contribution in [-0.4, -0.2) is 5.52 Å². The lowest BCUT2D eigenvalue weighted by molar-refractivity contribution is -0.108. The van der Waals surface area contributed by atoms with Crippen molar-refractivity contribution in [3.05, 3.63) is 128 Å². The van der Waals surface area contributed by atoms with Crippen LogP contribution in [0.3, 0.4) is 0 Å². The standard InChI is InChI=1S/C23H23O2P/c1-5-9-16-20(14-7-3)23(24)26(25,22-18-12-11-13-19-22)21(15-8-4)17-10-6-2/h5-19H,1-4H2/b16-9-,17-10-,20-14+,21-15+. The van der Waals surface area contributed by atoms with Crippen molar-refractivity contribution in [3.8, 4) is 0 Å². The fourth-order valence-electron chi connectivity index (χ4n) is 2.25. The Morgan fingerprint density at radius 1 is 0.808 bits per heavy atom. The van der Waals surface area contributed by atoms with Gasteiger partial charge in [0, 0.05) is 16.2 Å². The molecular formula is C23H23O2P. The van der Waals surface area contributed by atoms with Crippen LogP contribution in [0.2, 0.25) is 0 Å². The van der Waals surface area contributed by atoms with Crippen molar-refractivity contribution in [3.63, 3.8) is 0 Å². The molecular weight excluding hydrogens is 339 g/mol. The fourth-order valence-corrected chi connectivity index (χ4v) is 4.74. The maximum atomic E-state index is 14.1. The highest BCUT2D eigenvalue weighted by molar-refractivity contribution is 7.91. The molecule has 0 radical (unpaired) electrons. The van der Waals surface area contributed by atoms with Crippen molar-refractivity contribution < 1.29 is 9.36 Å². The molecule has 1 aromatic rings. The summed E-state index contributed by atoms with van der Waals surface area (Å²) in [4.78, 5) is 13.3. The molecule has 0 saturated carbocycles. The number of benzene rings is 1. The van der Waals surface area contributed by atoms with E-state index in [0.29, 0.717) is 10.6 Å². The highest BCUT2D eigenvalue weighted by Gasteiger charge is 2.37. The van der Waals surface area contributed by atoms with Gasteiger partial charge in [0.25, 0.3) is 0 Å². The van der Waals surface area contributed by atoms with Gasteiger partial charge in [0.05, 0.1) is 0 Å². The Hall–Kier alpha value is -2.96. The highest BCUT2D eigenvalue weighted by atomic mass is 31.2. The van der Waals surface area contributed by atoms with E-state index in [2.05, 4.69) is 26.3 Å². The first-order valence-electron chi connectivity index (χ1n) is 8.01. The molecule has 1 unspecified atom stereocenters. The molecule has 0 aromatic heterocycles. The molecule has 132 valence electrons. The SMILES string of the molecule is C=C/C=C\C(=C/C=C)C(=O)P(=O)(C(/C=C\C=C)=C/C=C)c1ccccc1. The van der Waals surface area contributed by atoms with Gasteiger partial charge in [-0.15, -0.1) is 0 Å². The number of carbonyl (C=O) groups excluding carboxylic acids is 1. The van der Waals surface area contributed by atoms with Gasteiger partial charge in [0.2, 0.25) is 12.7 Å². The molecule has 1 aromatic carbocycles. The summed E-state index contributed by atoms with van der Waals surface area (Å²) in [5, 5.41) is 0.833. The summed E-state index contributed by atoms with van der Waals surface area (Å²) in [5.74, 6) is 0. The second kappa shape index (κ2) is 10.8. The lowest BCUT2D eigenvalue weighted by atomic mass is 10.2. The van der Waals surface area contributed by atoms with Crippen LogP contribution in [0.25, 0.3) is 0 Å². The molecule has 0 bridgehead atoms. The molecule has 0 heterocycles. The zero-order valence-corrected chi connectivity index (χ0v) is 15.6. The Kier molecular flexibility index (Phi) is 8.77. The quantitative estimate of drug-likeness (QED) is 0.296. The van der Waals surface area contributed by atoms with E-state index in [1.165, 1.54) is 12.2 Å². The van der Waals surface area contributed by atoms with Gasteiger partial charge >= 0.3 is 0 Å². The van der Waals surface area contributed by atoms with E-state index in [9.17, 15) is 9.36 Å². The minimum Gasteiger partial charge on any atom is -0.305 e. The van der Waals surface area contributed by atoms with E-state index < -0.39 is 12.7 Å². The Labute approximate surface area is 156 Å². The molecule has 3 heteroatoms. The number of hydrogen-bond donors (Lipinski definition) is 0. The van der Waals surface area contributed by atoms with Crippen molar-refractivity contribution in [1.29, 1.82) is 0 Å². The minimum atomic E-state index is -3.63. The van der Waals surface area contributed by atoms with Crippen LogP contribution >= 0.6 is 7.14 Å². The lowest BCUT2D eigenvalue weighted by Crippen LogP contribution is -2.15. The highest BCUT2D eigenvalue weighted by Crippen LogP contribution is 2.56. The fraction of sp³-hybridized carbons (Fsp3) is 0. The van der Waals surface area contributed by atoms with Gasteiger partial charge < -0.3 is 4.57 Å². The summed E-state index contributed by atoms with van der Waals surface area (Å²) in [6.45, 7) is 14.6. The van der Waals surface area contributed by atoms with Crippen LogP contribution in [0, 0.1) is 0 Å². The molecule has 1 atom stereocenters. The largest absolute Gasteiger partial charge is 0.305 e. The number of carbonyl (C=O) groups is 1. The van der Waals surface area contributed by atoms with Crippen molar-refractivity contribution in [1.82, 2.24) is 0 Å². The monoisotopic (exact) mass is 362 g/mol. The third-order valence-corrected chi connectivity index (χ3v) is 6.30. The second-order valence-electron chi connectivity index (χ2n) is 5.12. The van der Waals surface area contributed by atoms with E-state index in [1.54, 1.807) is 72.9 Å². The second-order valence-corrected chi connectivity index (χ2v) is 7.78. The summed E-state index contributed by atoms with van der Waals surface area (Å²) < 4.78 is 14.1. The number of allylic oxidation sites excluding steroid dienone is 12. The zero-order valence-electron chi connectivity index (χ0n) is 14.8. The van der Waals surface area contributed by atoms with Gasteiger partial charge in [-0.2, -0.15) is 0 Å². The molecule has 2 nitrogen and oxygen atoms in total. The van der Waals surface area contributed by atoms with Crippen LogP contribution in [0.5, 0.6) is 0 Å². The summed E-state index contributed by atoms with van der Waals surface area (Å²) >= 11 is 0. The van der Waals surface area contributed by atoms with E-state index in [0.717, 1.165) is 0 Å². The van der Waals surface area contributed by atoms with Crippen molar-refractivity contribution in [2.45, 2.75) is 0 Å². The van der Waals surface area contributed by atoms with Crippen LogP contribution in [0.1, 0.15) is 0 Å². The van der Waals surface area contributed by atoms with E-state index in [1.807, 2.05) is 6.07 Å². The van der Waals surface area contributed by atoms with Crippen LogP contribution in [-0.2, 0) is 9.36 Å². The maximum absolute atomic E-state index is 14.1. The molecule has 26 heavy (non-hydrogen) atoms. The Balaban J connectivity index is 3.75. The van der Waals surface area contributed by atoms with Crippen molar-refractivity contribution in [2.24, 2.45) is 0 Å². The van der Waals surface area contributed by atoms with Crippen LogP contribution in [0.4, 0.5) is 0 Å².